The predicted octanol–water partition coefficient (Wildman–Crippen LogP) is 6.85. The van der Waals surface area contributed by atoms with Crippen LogP contribution in [-0.4, -0.2) is 31.6 Å². The van der Waals surface area contributed by atoms with Crippen molar-refractivity contribution in [1.29, 1.82) is 0 Å². The van der Waals surface area contributed by atoms with E-state index >= 15 is 0 Å². The Morgan fingerprint density at radius 1 is 1.23 bits per heavy atom. The van der Waals surface area contributed by atoms with Gasteiger partial charge in [0.2, 0.25) is 10.9 Å². The number of oxazole rings is 1. The van der Waals surface area contributed by atoms with Gasteiger partial charge in [0, 0.05) is 11.6 Å². The van der Waals surface area contributed by atoms with Gasteiger partial charge < -0.3 is 14.3 Å². The van der Waals surface area contributed by atoms with E-state index in [1.807, 2.05) is 10.8 Å². The first-order valence-corrected chi connectivity index (χ1v) is 13.7. The van der Waals surface area contributed by atoms with Crippen LogP contribution in [0.1, 0.15) is 54.6 Å². The third-order valence-corrected chi connectivity index (χ3v) is 8.07. The Kier molecular flexibility index (Phi) is 7.97. The van der Waals surface area contributed by atoms with E-state index in [1.54, 1.807) is 0 Å². The number of carbonyl (C=O) groups is 1. The molecule has 3 aromatic rings. The lowest BCUT2D eigenvalue weighted by atomic mass is 9.80. The van der Waals surface area contributed by atoms with E-state index in [-0.39, 0.29) is 5.75 Å². The zero-order valence-electron chi connectivity index (χ0n) is 21.7. The largest absolute Gasteiger partial charge is 0.495 e. The number of carboxylic acids is 1. The fourth-order valence-corrected chi connectivity index (χ4v) is 5.49. The number of carboxylic acid groups (broad SMARTS) is 1. The first-order chi connectivity index (χ1) is 18.7. The second-order valence-corrected chi connectivity index (χ2v) is 11.3. The highest BCUT2D eigenvalue weighted by atomic mass is 32.2. The van der Waals surface area contributed by atoms with Crippen LogP contribution in [0.4, 0.5) is 23.2 Å². The summed E-state index contributed by atoms with van der Waals surface area (Å²) in [4.78, 5) is 14.9. The number of nitrogens with zero attached hydrogens (tertiary/aromatic N) is 1. The minimum absolute atomic E-state index is 0.308. The fraction of sp³-hybridized carbons (Fsp3) is 0.333. The number of benzene rings is 2. The van der Waals surface area contributed by atoms with E-state index in [1.165, 1.54) is 12.1 Å². The minimum Gasteiger partial charge on any atom is -0.495 e. The number of alkyl halides is 3. The van der Waals surface area contributed by atoms with Gasteiger partial charge in [0.25, 0.3) is 10.0 Å². The van der Waals surface area contributed by atoms with Crippen LogP contribution in [0.5, 0.6) is 5.75 Å². The number of rotatable bonds is 8. The lowest BCUT2D eigenvalue weighted by Gasteiger charge is -2.25. The fourth-order valence-electron chi connectivity index (χ4n) is 4.56. The molecule has 2 N–H and O–H groups in total. The summed E-state index contributed by atoms with van der Waals surface area (Å²) in [6.07, 6.45) is 0.112. The number of ether oxygens (including phenoxy) is 1. The van der Waals surface area contributed by atoms with Crippen molar-refractivity contribution in [2.75, 3.05) is 11.8 Å². The Bertz CT molecular complexity index is 1580. The number of nitrogens with one attached hydrogen (secondary N) is 1. The highest BCUT2D eigenvalue weighted by Gasteiger charge is 2.36. The number of allylic oxidation sites excluding steroid dienone is 2. The van der Waals surface area contributed by atoms with Gasteiger partial charge in [0.15, 0.2) is 0 Å². The van der Waals surface area contributed by atoms with E-state index < -0.39 is 61.3 Å². The minimum atomic E-state index is -4.79. The molecular weight excluding hydrogens is 556 g/mol. The summed E-state index contributed by atoms with van der Waals surface area (Å²) in [5.41, 5.74) is -1.47. The average Bonchev–Trinajstić information content (AvgIpc) is 3.39. The third-order valence-electron chi connectivity index (χ3n) is 6.84. The number of anilines is 1. The summed E-state index contributed by atoms with van der Waals surface area (Å²) in [7, 11) is -3.50. The van der Waals surface area contributed by atoms with Gasteiger partial charge in [0.1, 0.15) is 17.8 Å². The molecule has 0 aliphatic heterocycles. The number of methoxy groups -OCH3 is 1. The molecule has 13 heteroatoms. The first kappa shape index (κ1) is 29.1. The summed E-state index contributed by atoms with van der Waals surface area (Å²) in [5.74, 6) is -2.79. The molecule has 8 nitrogen and oxygen atoms in total. The summed E-state index contributed by atoms with van der Waals surface area (Å²) in [5, 5.41) is 8.28. The maximum atomic E-state index is 14.2. The van der Waals surface area contributed by atoms with Crippen LogP contribution in [0.2, 0.25) is 0 Å². The Balaban J connectivity index is 1.66. The lowest BCUT2D eigenvalue weighted by Crippen LogP contribution is -2.15. The smallest absolute Gasteiger partial charge is 0.417 e. The Labute approximate surface area is 227 Å². The molecule has 0 amide bonds. The lowest BCUT2D eigenvalue weighted by molar-refractivity contribution is -0.137. The second-order valence-electron chi connectivity index (χ2n) is 9.70. The van der Waals surface area contributed by atoms with Gasteiger partial charge in [-0.2, -0.15) is 26.6 Å². The number of hydrogen-bond acceptors (Lipinski definition) is 6. The number of hydrogen-bond donors (Lipinski definition) is 2. The number of aromatic nitrogens is 1. The molecule has 1 heterocycles. The normalized spacial score (nSPS) is 16.1. The van der Waals surface area contributed by atoms with E-state index in [0.717, 1.165) is 37.7 Å². The summed E-state index contributed by atoms with van der Waals surface area (Å²) in [6, 6.07) is 5.09. The maximum absolute atomic E-state index is 14.2. The van der Waals surface area contributed by atoms with Crippen LogP contribution in [0.15, 0.2) is 52.1 Å². The van der Waals surface area contributed by atoms with Gasteiger partial charge in [0.05, 0.1) is 23.9 Å². The Morgan fingerprint density at radius 3 is 2.52 bits per heavy atom. The molecule has 2 aromatic carbocycles. The molecule has 214 valence electrons. The highest BCUT2D eigenvalue weighted by molar-refractivity contribution is 7.92. The van der Waals surface area contributed by atoms with Gasteiger partial charge in [-0.25, -0.2) is 9.18 Å². The molecule has 0 spiro atoms. The molecule has 0 fully saturated rings. The van der Waals surface area contributed by atoms with Crippen LogP contribution in [-0.2, 0) is 16.2 Å². The standard InChI is InChI=1S/C27H26F4N2O6S/c1-14(2)15-4-6-16(7-5-15)17-8-9-18(20(10-17)27(29,30)31)25-32-24(13-39-25)40(36,37)33-22-12-21(28)19(26(34)35)11-23(22)38-3/h6,8-15,33H,4-5,7H2,1-3H3,(H,34,35). The van der Waals surface area contributed by atoms with Crippen molar-refractivity contribution < 1.29 is 45.0 Å². The molecule has 0 saturated heterocycles. The molecule has 4 rings (SSSR count). The summed E-state index contributed by atoms with van der Waals surface area (Å²) < 4.78 is 94.3. The Morgan fingerprint density at radius 2 is 1.95 bits per heavy atom. The third kappa shape index (κ3) is 5.98. The zero-order valence-corrected chi connectivity index (χ0v) is 22.5. The van der Waals surface area contributed by atoms with Gasteiger partial charge in [-0.1, -0.05) is 26.0 Å². The number of sulfonamides is 1. The van der Waals surface area contributed by atoms with Gasteiger partial charge in [-0.15, -0.1) is 0 Å². The molecular formula is C27H26F4N2O6S. The topological polar surface area (TPSA) is 119 Å². The van der Waals surface area contributed by atoms with Crippen LogP contribution in [0.3, 0.4) is 0 Å². The van der Waals surface area contributed by atoms with Crippen LogP contribution < -0.4 is 9.46 Å². The van der Waals surface area contributed by atoms with Gasteiger partial charge in [-0.3, -0.25) is 4.72 Å². The van der Waals surface area contributed by atoms with Crippen molar-refractivity contribution in [2.24, 2.45) is 11.8 Å². The van der Waals surface area contributed by atoms with Gasteiger partial charge in [-0.05, 0) is 60.4 Å². The van der Waals surface area contributed by atoms with Crippen molar-refractivity contribution in [3.63, 3.8) is 0 Å². The molecule has 1 atom stereocenters. The SMILES string of the molecule is COc1cc(C(=O)O)c(F)cc1NS(=O)(=O)c1coc(-c2ccc(C3=CCC(C(C)C)CC3)cc2C(F)(F)F)n1. The van der Waals surface area contributed by atoms with Crippen molar-refractivity contribution in [3.8, 4) is 17.2 Å². The van der Waals surface area contributed by atoms with E-state index in [9.17, 15) is 30.8 Å². The number of halogens is 4. The van der Waals surface area contributed by atoms with Crippen molar-refractivity contribution in [1.82, 2.24) is 4.98 Å². The molecule has 0 bridgehead atoms. The summed E-state index contributed by atoms with van der Waals surface area (Å²) in [6.45, 7) is 4.23. The van der Waals surface area contributed by atoms with Gasteiger partial charge >= 0.3 is 12.1 Å². The summed E-state index contributed by atoms with van der Waals surface area (Å²) >= 11 is 0. The predicted molar refractivity (Wildman–Crippen MR) is 138 cm³/mol. The quantitative estimate of drug-likeness (QED) is 0.279. The number of aromatic carboxylic acids is 1. The molecule has 1 aliphatic rings. The van der Waals surface area contributed by atoms with Crippen molar-refractivity contribution >= 4 is 27.3 Å². The molecule has 40 heavy (non-hydrogen) atoms. The molecule has 1 aliphatic carbocycles. The average molecular weight is 583 g/mol. The highest BCUT2D eigenvalue weighted by Crippen LogP contribution is 2.41. The molecule has 0 radical (unpaired) electrons. The van der Waals surface area contributed by atoms with Crippen molar-refractivity contribution in [3.05, 3.63) is 65.2 Å². The maximum Gasteiger partial charge on any atom is 0.417 e. The van der Waals surface area contributed by atoms with Crippen LogP contribution in [0.25, 0.3) is 17.0 Å². The first-order valence-electron chi connectivity index (χ1n) is 12.2. The molecule has 0 saturated carbocycles. The molecule has 1 unspecified atom stereocenters. The molecule has 1 aromatic heterocycles. The van der Waals surface area contributed by atoms with E-state index in [4.69, 9.17) is 14.3 Å². The second kappa shape index (κ2) is 11.0. The van der Waals surface area contributed by atoms with E-state index in [2.05, 4.69) is 18.8 Å². The Hall–Kier alpha value is -3.87. The zero-order chi connectivity index (χ0) is 29.4. The monoisotopic (exact) mass is 582 g/mol. The van der Waals surface area contributed by atoms with Crippen LogP contribution in [0, 0.1) is 17.7 Å². The van der Waals surface area contributed by atoms with E-state index in [0.29, 0.717) is 36.1 Å². The van der Waals surface area contributed by atoms with Crippen molar-refractivity contribution in [2.45, 2.75) is 44.3 Å². The van der Waals surface area contributed by atoms with Crippen LogP contribution >= 0.6 is 0 Å².